The second-order valence-electron chi connectivity index (χ2n) is 3.70. The van der Waals surface area contributed by atoms with Crippen molar-refractivity contribution in [3.8, 4) is 5.82 Å². The van der Waals surface area contributed by atoms with Crippen LogP contribution in [-0.4, -0.2) is 19.5 Å². The van der Waals surface area contributed by atoms with Crippen molar-refractivity contribution in [2.24, 2.45) is 0 Å². The van der Waals surface area contributed by atoms with Gasteiger partial charge >= 0.3 is 0 Å². The number of hydrogen-bond donors (Lipinski definition) is 1. The van der Waals surface area contributed by atoms with Crippen molar-refractivity contribution >= 4 is 17.0 Å². The fourth-order valence-corrected chi connectivity index (χ4v) is 2.09. The number of thiazole rings is 1. The van der Waals surface area contributed by atoms with Gasteiger partial charge in [-0.3, -0.25) is 9.55 Å². The zero-order valence-electron chi connectivity index (χ0n) is 9.52. The number of imidazole rings is 1. The highest BCUT2D eigenvalue weighted by Crippen LogP contribution is 2.12. The zero-order valence-corrected chi connectivity index (χ0v) is 10.3. The van der Waals surface area contributed by atoms with E-state index >= 15 is 0 Å². The summed E-state index contributed by atoms with van der Waals surface area (Å²) < 4.78 is 1.87. The van der Waals surface area contributed by atoms with Crippen LogP contribution in [0.5, 0.6) is 0 Å². The lowest BCUT2D eigenvalue weighted by Gasteiger charge is -2.05. The molecule has 0 amide bonds. The Kier molecular flexibility index (Phi) is 3.01. The normalized spacial score (nSPS) is 10.4. The molecule has 90 valence electrons. The van der Waals surface area contributed by atoms with E-state index in [-0.39, 0.29) is 0 Å². The molecule has 0 aliphatic carbocycles. The van der Waals surface area contributed by atoms with Gasteiger partial charge < -0.3 is 5.32 Å². The number of anilines is 1. The van der Waals surface area contributed by atoms with E-state index in [1.54, 1.807) is 23.9 Å². The smallest absolute Gasteiger partial charge is 0.137 e. The van der Waals surface area contributed by atoms with Crippen molar-refractivity contribution in [1.82, 2.24) is 19.5 Å². The fraction of sp³-hybridized carbons (Fsp3) is 0.0833. The first-order valence-corrected chi connectivity index (χ1v) is 6.35. The number of nitrogens with zero attached hydrogens (tertiary/aromatic N) is 4. The molecule has 0 aromatic carbocycles. The van der Waals surface area contributed by atoms with Crippen molar-refractivity contribution in [2.45, 2.75) is 6.54 Å². The van der Waals surface area contributed by atoms with Gasteiger partial charge in [-0.1, -0.05) is 0 Å². The summed E-state index contributed by atoms with van der Waals surface area (Å²) in [4.78, 5) is 13.6. The molecule has 18 heavy (non-hydrogen) atoms. The second kappa shape index (κ2) is 4.97. The first kappa shape index (κ1) is 10.9. The largest absolute Gasteiger partial charge is 0.379 e. The molecule has 0 unspecified atom stereocenters. The Labute approximate surface area is 108 Å². The molecule has 0 saturated heterocycles. The minimum Gasteiger partial charge on any atom is -0.379 e. The molecule has 3 aromatic heterocycles. The lowest BCUT2D eigenvalue weighted by molar-refractivity contribution is 0.991. The molecule has 3 heterocycles. The van der Waals surface area contributed by atoms with Gasteiger partial charge in [0, 0.05) is 23.5 Å². The molecule has 0 spiro atoms. The summed E-state index contributed by atoms with van der Waals surface area (Å²) >= 11 is 1.64. The van der Waals surface area contributed by atoms with E-state index in [0.29, 0.717) is 0 Å². The molecule has 0 aliphatic heterocycles. The monoisotopic (exact) mass is 257 g/mol. The molecule has 0 fully saturated rings. The predicted octanol–water partition coefficient (Wildman–Crippen LogP) is 2.34. The molecule has 6 heteroatoms. The second-order valence-corrected chi connectivity index (χ2v) is 4.67. The summed E-state index contributed by atoms with van der Waals surface area (Å²) in [5.41, 5.74) is 2.82. The highest BCUT2D eigenvalue weighted by atomic mass is 32.1. The Morgan fingerprint density at radius 2 is 2.22 bits per heavy atom. The average Bonchev–Trinajstić information content (AvgIpc) is 3.10. The van der Waals surface area contributed by atoms with Crippen LogP contribution in [0.3, 0.4) is 0 Å². The van der Waals surface area contributed by atoms with E-state index < -0.39 is 0 Å². The Morgan fingerprint density at radius 3 is 2.89 bits per heavy atom. The molecule has 1 N–H and O–H groups in total. The van der Waals surface area contributed by atoms with Crippen LogP contribution in [0.25, 0.3) is 5.82 Å². The molecular weight excluding hydrogens is 246 g/mol. The van der Waals surface area contributed by atoms with Gasteiger partial charge in [-0.05, 0) is 12.1 Å². The van der Waals surface area contributed by atoms with E-state index in [9.17, 15) is 0 Å². The van der Waals surface area contributed by atoms with Crippen LogP contribution in [0.1, 0.15) is 4.88 Å². The Morgan fingerprint density at radius 1 is 1.22 bits per heavy atom. The van der Waals surface area contributed by atoms with Gasteiger partial charge in [0.2, 0.25) is 0 Å². The Bertz CT molecular complexity index is 586. The summed E-state index contributed by atoms with van der Waals surface area (Å²) in [6.45, 7) is 0.775. The van der Waals surface area contributed by atoms with Gasteiger partial charge in [-0.25, -0.2) is 9.97 Å². The highest BCUT2D eigenvalue weighted by molar-refractivity contribution is 7.09. The molecule has 0 radical (unpaired) electrons. The molecule has 3 rings (SSSR count). The van der Waals surface area contributed by atoms with E-state index in [4.69, 9.17) is 0 Å². The number of nitrogens with one attached hydrogen (secondary N) is 1. The summed E-state index contributed by atoms with van der Waals surface area (Å²) in [7, 11) is 0. The highest BCUT2D eigenvalue weighted by Gasteiger charge is 1.98. The van der Waals surface area contributed by atoms with Crippen molar-refractivity contribution < 1.29 is 0 Å². The quantitative estimate of drug-likeness (QED) is 0.779. The maximum absolute atomic E-state index is 4.37. The number of hydrogen-bond acceptors (Lipinski definition) is 5. The van der Waals surface area contributed by atoms with Gasteiger partial charge in [-0.15, -0.1) is 11.3 Å². The molecule has 0 atom stereocenters. The third kappa shape index (κ3) is 2.38. The topological polar surface area (TPSA) is 55.6 Å². The summed E-state index contributed by atoms with van der Waals surface area (Å²) in [5.74, 6) is 0.857. The maximum Gasteiger partial charge on any atom is 0.137 e. The molecule has 0 saturated carbocycles. The molecule has 0 aliphatic rings. The molecule has 0 bridgehead atoms. The van der Waals surface area contributed by atoms with Gasteiger partial charge in [0.15, 0.2) is 0 Å². The van der Waals surface area contributed by atoms with Gasteiger partial charge in [-0.2, -0.15) is 0 Å². The lowest BCUT2D eigenvalue weighted by Crippen LogP contribution is -1.99. The zero-order chi connectivity index (χ0) is 12.2. The maximum atomic E-state index is 4.37. The fourth-order valence-electron chi connectivity index (χ4n) is 1.56. The minimum absolute atomic E-state index is 0.775. The molecular formula is C12H11N5S. The lowest BCUT2D eigenvalue weighted by atomic mass is 10.4. The van der Waals surface area contributed by atoms with Crippen LogP contribution < -0.4 is 5.32 Å². The third-order valence-corrected chi connectivity index (χ3v) is 3.25. The number of aromatic nitrogens is 4. The van der Waals surface area contributed by atoms with Gasteiger partial charge in [0.05, 0.1) is 23.9 Å². The van der Waals surface area contributed by atoms with Crippen molar-refractivity contribution in [3.05, 3.63) is 53.6 Å². The van der Waals surface area contributed by atoms with Crippen LogP contribution in [0.15, 0.2) is 48.8 Å². The summed E-state index contributed by atoms with van der Waals surface area (Å²) in [6.07, 6.45) is 9.01. The minimum atomic E-state index is 0.775. The van der Waals surface area contributed by atoms with Gasteiger partial charge in [0.25, 0.3) is 0 Å². The first-order chi connectivity index (χ1) is 8.92. The number of rotatable bonds is 4. The van der Waals surface area contributed by atoms with E-state index in [1.807, 2.05) is 40.8 Å². The standard InChI is InChI=1S/C12H11N5S/c1-2-12(17-4-3-13-8-17)16-5-10(1)15-7-11-6-14-9-18-11/h1-6,8-9,15H,7H2. The van der Waals surface area contributed by atoms with E-state index in [1.165, 1.54) is 4.88 Å². The van der Waals surface area contributed by atoms with Crippen LogP contribution in [0.2, 0.25) is 0 Å². The van der Waals surface area contributed by atoms with Crippen molar-refractivity contribution in [1.29, 1.82) is 0 Å². The predicted molar refractivity (Wildman–Crippen MR) is 70.8 cm³/mol. The van der Waals surface area contributed by atoms with E-state index in [0.717, 1.165) is 18.1 Å². The number of pyridine rings is 1. The molecule has 3 aromatic rings. The van der Waals surface area contributed by atoms with Crippen LogP contribution in [0, 0.1) is 0 Å². The van der Waals surface area contributed by atoms with Crippen LogP contribution >= 0.6 is 11.3 Å². The summed E-state index contributed by atoms with van der Waals surface area (Å²) in [5, 5.41) is 3.30. The Balaban J connectivity index is 1.68. The van der Waals surface area contributed by atoms with Gasteiger partial charge in [0.1, 0.15) is 12.1 Å². The summed E-state index contributed by atoms with van der Waals surface area (Å²) in [6, 6.07) is 3.96. The first-order valence-electron chi connectivity index (χ1n) is 5.47. The average molecular weight is 257 g/mol. The SMILES string of the molecule is c1cn(-c2ccc(NCc3cncs3)cn2)cn1. The van der Waals surface area contributed by atoms with Crippen molar-refractivity contribution in [3.63, 3.8) is 0 Å². The molecule has 5 nitrogen and oxygen atoms in total. The Hall–Kier alpha value is -2.21. The third-order valence-electron chi connectivity index (χ3n) is 2.47. The van der Waals surface area contributed by atoms with E-state index in [2.05, 4.69) is 20.3 Å². The van der Waals surface area contributed by atoms with Crippen LogP contribution in [0.4, 0.5) is 5.69 Å². The van der Waals surface area contributed by atoms with Crippen LogP contribution in [-0.2, 0) is 6.54 Å². The van der Waals surface area contributed by atoms with Crippen molar-refractivity contribution in [2.75, 3.05) is 5.32 Å².